The number of anilines is 1. The zero-order valence-corrected chi connectivity index (χ0v) is 15.5. The van der Waals surface area contributed by atoms with Crippen molar-refractivity contribution in [1.82, 2.24) is 4.31 Å². The lowest BCUT2D eigenvalue weighted by atomic mass is 10.1. The van der Waals surface area contributed by atoms with E-state index >= 15 is 0 Å². The molecule has 2 aromatic rings. The van der Waals surface area contributed by atoms with Crippen LogP contribution in [0.4, 0.5) is 5.69 Å². The molecule has 3 N–H and O–H groups in total. The lowest BCUT2D eigenvalue weighted by Crippen LogP contribution is -2.29. The highest BCUT2D eigenvalue weighted by atomic mass is 32.2. The standard InChI is InChI=1S/C19H21N3O4S/c20-18(23)16-5-1-2-6-17(16)21-19(24)15-9-7-14(8-10-15)13-27(25,26)22-11-3-4-12-22/h1-2,5-10H,3-4,11-13H2,(H2,20,23)(H,21,24). The highest BCUT2D eigenvalue weighted by molar-refractivity contribution is 7.88. The number of benzene rings is 2. The summed E-state index contributed by atoms with van der Waals surface area (Å²) in [5.74, 6) is -1.12. The number of nitrogens with one attached hydrogen (secondary N) is 1. The van der Waals surface area contributed by atoms with Gasteiger partial charge in [-0.1, -0.05) is 24.3 Å². The number of primary amides is 1. The Bertz CT molecular complexity index is 949. The number of amides is 2. The second kappa shape index (κ2) is 7.89. The zero-order chi connectivity index (χ0) is 19.4. The van der Waals surface area contributed by atoms with Crippen molar-refractivity contribution in [3.8, 4) is 0 Å². The average molecular weight is 387 g/mol. The Kier molecular flexibility index (Phi) is 5.57. The first-order chi connectivity index (χ1) is 12.9. The fraction of sp³-hybridized carbons (Fsp3) is 0.263. The van der Waals surface area contributed by atoms with Crippen molar-refractivity contribution in [1.29, 1.82) is 0 Å². The van der Waals surface area contributed by atoms with Crippen molar-refractivity contribution in [3.05, 3.63) is 65.2 Å². The van der Waals surface area contributed by atoms with Gasteiger partial charge in [0.2, 0.25) is 10.0 Å². The van der Waals surface area contributed by atoms with Crippen LogP contribution in [0.25, 0.3) is 0 Å². The van der Waals surface area contributed by atoms with E-state index in [9.17, 15) is 18.0 Å². The van der Waals surface area contributed by atoms with Gasteiger partial charge in [-0.05, 0) is 42.7 Å². The largest absolute Gasteiger partial charge is 0.366 e. The second-order valence-corrected chi connectivity index (χ2v) is 8.39. The number of hydrogen-bond acceptors (Lipinski definition) is 4. The Morgan fingerprint density at radius 2 is 1.63 bits per heavy atom. The molecule has 3 rings (SSSR count). The Labute approximate surface area is 158 Å². The van der Waals surface area contributed by atoms with Crippen molar-refractivity contribution < 1.29 is 18.0 Å². The average Bonchev–Trinajstić information content (AvgIpc) is 3.18. The van der Waals surface area contributed by atoms with E-state index in [2.05, 4.69) is 5.32 Å². The number of rotatable bonds is 6. The molecule has 7 nitrogen and oxygen atoms in total. The van der Waals surface area contributed by atoms with Crippen LogP contribution in [0.15, 0.2) is 48.5 Å². The van der Waals surface area contributed by atoms with Crippen LogP contribution in [0.3, 0.4) is 0 Å². The molecule has 1 heterocycles. The smallest absolute Gasteiger partial charge is 0.255 e. The van der Waals surface area contributed by atoms with Crippen LogP contribution in [0, 0.1) is 0 Å². The van der Waals surface area contributed by atoms with Gasteiger partial charge in [0.15, 0.2) is 0 Å². The molecule has 8 heteroatoms. The Morgan fingerprint density at radius 3 is 2.26 bits per heavy atom. The molecule has 1 aliphatic heterocycles. The monoisotopic (exact) mass is 387 g/mol. The highest BCUT2D eigenvalue weighted by Crippen LogP contribution is 2.19. The summed E-state index contributed by atoms with van der Waals surface area (Å²) in [7, 11) is -3.33. The topological polar surface area (TPSA) is 110 Å². The molecule has 2 amide bonds. The molecule has 0 radical (unpaired) electrons. The first-order valence-corrected chi connectivity index (χ1v) is 10.2. The van der Waals surface area contributed by atoms with Crippen LogP contribution < -0.4 is 11.1 Å². The number of carbonyl (C=O) groups is 2. The normalized spacial score (nSPS) is 14.8. The molecule has 1 aliphatic rings. The second-order valence-electron chi connectivity index (χ2n) is 6.42. The summed E-state index contributed by atoms with van der Waals surface area (Å²) in [6, 6.07) is 12.9. The van der Waals surface area contributed by atoms with E-state index in [0.29, 0.717) is 29.9 Å². The molecule has 2 aromatic carbocycles. The third kappa shape index (κ3) is 4.53. The maximum atomic E-state index is 12.4. The van der Waals surface area contributed by atoms with E-state index in [4.69, 9.17) is 5.73 Å². The molecule has 1 saturated heterocycles. The summed E-state index contributed by atoms with van der Waals surface area (Å²) in [4.78, 5) is 23.8. The molecule has 142 valence electrons. The van der Waals surface area contributed by atoms with Crippen LogP contribution in [0.1, 0.15) is 39.1 Å². The molecule has 0 unspecified atom stereocenters. The third-order valence-corrected chi connectivity index (χ3v) is 6.31. The lowest BCUT2D eigenvalue weighted by Gasteiger charge is -2.15. The van der Waals surface area contributed by atoms with E-state index in [0.717, 1.165) is 12.8 Å². The lowest BCUT2D eigenvalue weighted by molar-refractivity contribution is 0.100. The van der Waals surface area contributed by atoms with Gasteiger partial charge in [-0.25, -0.2) is 12.7 Å². The molecule has 0 atom stereocenters. The third-order valence-electron chi connectivity index (χ3n) is 4.46. The maximum Gasteiger partial charge on any atom is 0.255 e. The summed E-state index contributed by atoms with van der Waals surface area (Å²) in [5, 5.41) is 2.65. The number of para-hydroxylation sites is 1. The molecule has 0 aromatic heterocycles. The van der Waals surface area contributed by atoms with Gasteiger partial charge in [0.25, 0.3) is 11.8 Å². The van der Waals surface area contributed by atoms with Crippen molar-refractivity contribution in [2.45, 2.75) is 18.6 Å². The first kappa shape index (κ1) is 19.1. The van der Waals surface area contributed by atoms with E-state index < -0.39 is 21.8 Å². The number of sulfonamides is 1. The summed E-state index contributed by atoms with van der Waals surface area (Å²) < 4.78 is 26.2. The first-order valence-electron chi connectivity index (χ1n) is 8.64. The Morgan fingerprint density at radius 1 is 1.00 bits per heavy atom. The number of carbonyl (C=O) groups excluding carboxylic acids is 2. The van der Waals surface area contributed by atoms with Gasteiger partial charge in [0.1, 0.15) is 0 Å². The molecule has 27 heavy (non-hydrogen) atoms. The Hall–Kier alpha value is -2.71. The molecular weight excluding hydrogens is 366 g/mol. The molecule has 0 bridgehead atoms. The fourth-order valence-corrected chi connectivity index (χ4v) is 4.63. The van der Waals surface area contributed by atoms with Crippen molar-refractivity contribution in [3.63, 3.8) is 0 Å². The van der Waals surface area contributed by atoms with E-state index in [1.807, 2.05) is 0 Å². The van der Waals surface area contributed by atoms with Gasteiger partial charge in [-0.15, -0.1) is 0 Å². The van der Waals surface area contributed by atoms with Gasteiger partial charge in [0, 0.05) is 18.7 Å². The molecule has 0 saturated carbocycles. The van der Waals surface area contributed by atoms with Crippen LogP contribution in [0.5, 0.6) is 0 Å². The predicted molar refractivity (Wildman–Crippen MR) is 103 cm³/mol. The van der Waals surface area contributed by atoms with E-state index in [-0.39, 0.29) is 11.3 Å². The van der Waals surface area contributed by atoms with E-state index in [1.54, 1.807) is 42.5 Å². The van der Waals surface area contributed by atoms with Gasteiger partial charge in [-0.3, -0.25) is 9.59 Å². The van der Waals surface area contributed by atoms with Gasteiger partial charge in [-0.2, -0.15) is 0 Å². The minimum atomic E-state index is -3.33. The highest BCUT2D eigenvalue weighted by Gasteiger charge is 2.25. The van der Waals surface area contributed by atoms with Crippen molar-refractivity contribution >= 4 is 27.5 Å². The fourth-order valence-electron chi connectivity index (χ4n) is 3.02. The number of hydrogen-bond donors (Lipinski definition) is 2. The quantitative estimate of drug-likeness (QED) is 0.789. The summed E-state index contributed by atoms with van der Waals surface area (Å²) in [6.45, 7) is 1.14. The predicted octanol–water partition coefficient (Wildman–Crippen LogP) is 1.96. The van der Waals surface area contributed by atoms with Gasteiger partial charge >= 0.3 is 0 Å². The molecular formula is C19H21N3O4S. The summed E-state index contributed by atoms with van der Waals surface area (Å²) >= 11 is 0. The van der Waals surface area contributed by atoms with E-state index in [1.165, 1.54) is 10.4 Å². The maximum absolute atomic E-state index is 12.4. The van der Waals surface area contributed by atoms with Crippen LogP contribution >= 0.6 is 0 Å². The van der Waals surface area contributed by atoms with Crippen LogP contribution in [-0.4, -0.2) is 37.6 Å². The van der Waals surface area contributed by atoms with Crippen molar-refractivity contribution in [2.75, 3.05) is 18.4 Å². The zero-order valence-electron chi connectivity index (χ0n) is 14.7. The summed E-state index contributed by atoms with van der Waals surface area (Å²) in [6.07, 6.45) is 1.79. The minimum Gasteiger partial charge on any atom is -0.366 e. The van der Waals surface area contributed by atoms with Crippen molar-refractivity contribution in [2.24, 2.45) is 5.73 Å². The van der Waals surface area contributed by atoms with Gasteiger partial charge in [0.05, 0.1) is 17.0 Å². The molecule has 0 aliphatic carbocycles. The number of nitrogens with zero attached hydrogens (tertiary/aromatic N) is 1. The van der Waals surface area contributed by atoms with Crippen LogP contribution in [0.2, 0.25) is 0 Å². The Balaban J connectivity index is 1.70. The SMILES string of the molecule is NC(=O)c1ccccc1NC(=O)c1ccc(CS(=O)(=O)N2CCCC2)cc1. The number of nitrogens with two attached hydrogens (primary N) is 1. The molecule has 0 spiro atoms. The van der Waals surface area contributed by atoms with Crippen LogP contribution in [-0.2, 0) is 15.8 Å². The van der Waals surface area contributed by atoms with Gasteiger partial charge < -0.3 is 11.1 Å². The summed E-state index contributed by atoms with van der Waals surface area (Å²) in [5.41, 5.74) is 6.84. The minimum absolute atomic E-state index is 0.0839. The molecule has 1 fully saturated rings.